The largest absolute Gasteiger partial charge is 0.508 e. The van der Waals surface area contributed by atoms with Gasteiger partial charge in [0.2, 0.25) is 5.91 Å². The van der Waals surface area contributed by atoms with E-state index in [1.807, 2.05) is 13.0 Å². The van der Waals surface area contributed by atoms with Crippen LogP contribution >= 0.6 is 0 Å². The van der Waals surface area contributed by atoms with E-state index in [0.29, 0.717) is 24.6 Å². The Morgan fingerprint density at radius 3 is 2.69 bits per heavy atom. The first-order valence-electron chi connectivity index (χ1n) is 10.3. The first kappa shape index (κ1) is 19.2. The Labute approximate surface area is 157 Å². The summed E-state index contributed by atoms with van der Waals surface area (Å²) in [6.07, 6.45) is 8.49. The van der Waals surface area contributed by atoms with E-state index in [1.165, 1.54) is 37.7 Å². The molecule has 0 bridgehead atoms. The first-order chi connectivity index (χ1) is 12.5. The number of rotatable bonds is 5. The summed E-state index contributed by atoms with van der Waals surface area (Å²) in [5, 5.41) is 16.6. The first-order valence-corrected chi connectivity index (χ1v) is 10.3. The number of carbonyl (C=O) groups excluding carboxylic acids is 1. The van der Waals surface area contributed by atoms with Gasteiger partial charge in [-0.15, -0.1) is 0 Å². The summed E-state index contributed by atoms with van der Waals surface area (Å²) in [5.74, 6) is 1.68. The molecule has 1 amide bonds. The predicted octanol–water partition coefficient (Wildman–Crippen LogP) is 3.83. The quantitative estimate of drug-likeness (QED) is 0.750. The van der Waals surface area contributed by atoms with Crippen molar-refractivity contribution in [1.29, 1.82) is 0 Å². The fraction of sp³-hybridized carbons (Fsp3) is 0.682. The van der Waals surface area contributed by atoms with Gasteiger partial charge in [-0.2, -0.15) is 0 Å². The maximum absolute atomic E-state index is 12.9. The number of benzene rings is 1. The summed E-state index contributed by atoms with van der Waals surface area (Å²) in [6.45, 7) is 7.00. The third kappa shape index (κ3) is 4.40. The van der Waals surface area contributed by atoms with Crippen molar-refractivity contribution in [2.75, 3.05) is 0 Å². The molecule has 3 rings (SSSR count). The number of aromatic hydroxyl groups is 1. The van der Waals surface area contributed by atoms with Gasteiger partial charge in [0.05, 0.1) is 6.04 Å². The smallest absolute Gasteiger partial charge is 0.237 e. The van der Waals surface area contributed by atoms with Crippen molar-refractivity contribution >= 4 is 5.91 Å². The number of hydrogen-bond donors (Lipinski definition) is 3. The minimum atomic E-state index is -0.181. The minimum Gasteiger partial charge on any atom is -0.508 e. The fourth-order valence-corrected chi connectivity index (χ4v) is 4.50. The predicted molar refractivity (Wildman–Crippen MR) is 105 cm³/mol. The van der Waals surface area contributed by atoms with Crippen molar-refractivity contribution in [3.05, 3.63) is 28.8 Å². The lowest BCUT2D eigenvalue weighted by molar-refractivity contribution is -0.124. The molecule has 144 valence electrons. The second-order valence-electron chi connectivity index (χ2n) is 8.58. The van der Waals surface area contributed by atoms with Gasteiger partial charge in [-0.1, -0.05) is 52.0 Å². The SMILES string of the molecule is Cc1c(O)ccc2c1CN[C@@H](C(=O)N[C@@H](CC1CCCCC1)C(C)C)C2. The molecule has 26 heavy (non-hydrogen) atoms. The summed E-state index contributed by atoms with van der Waals surface area (Å²) >= 11 is 0. The van der Waals surface area contributed by atoms with Crippen molar-refractivity contribution in [1.82, 2.24) is 10.6 Å². The molecule has 4 heteroatoms. The Morgan fingerprint density at radius 1 is 1.27 bits per heavy atom. The highest BCUT2D eigenvalue weighted by molar-refractivity contribution is 5.82. The molecular formula is C22H34N2O2. The molecule has 1 aromatic carbocycles. The molecule has 4 nitrogen and oxygen atoms in total. The van der Waals surface area contributed by atoms with Crippen molar-refractivity contribution in [3.63, 3.8) is 0 Å². The van der Waals surface area contributed by atoms with Crippen molar-refractivity contribution in [2.24, 2.45) is 11.8 Å². The molecule has 3 N–H and O–H groups in total. The molecule has 1 aliphatic carbocycles. The van der Waals surface area contributed by atoms with Crippen molar-refractivity contribution in [3.8, 4) is 5.75 Å². The average Bonchev–Trinajstić information content (AvgIpc) is 2.64. The van der Waals surface area contributed by atoms with Crippen LogP contribution < -0.4 is 10.6 Å². The zero-order chi connectivity index (χ0) is 18.7. The molecule has 0 spiro atoms. The second-order valence-corrected chi connectivity index (χ2v) is 8.58. The van der Waals surface area contributed by atoms with E-state index in [4.69, 9.17) is 0 Å². The number of phenolic OH excluding ortho intramolecular Hbond substituents is 1. The molecule has 0 saturated heterocycles. The highest BCUT2D eigenvalue weighted by atomic mass is 16.3. The monoisotopic (exact) mass is 358 g/mol. The molecule has 2 atom stereocenters. The molecule has 2 aliphatic rings. The van der Waals surface area contributed by atoms with E-state index < -0.39 is 0 Å². The van der Waals surface area contributed by atoms with Crippen LogP contribution in [-0.4, -0.2) is 23.1 Å². The van der Waals surface area contributed by atoms with E-state index in [0.717, 1.165) is 23.5 Å². The van der Waals surface area contributed by atoms with E-state index in [-0.39, 0.29) is 18.0 Å². The summed E-state index contributed by atoms with van der Waals surface area (Å²) in [5.41, 5.74) is 3.23. The lowest BCUT2D eigenvalue weighted by atomic mass is 9.82. The van der Waals surface area contributed by atoms with Gasteiger partial charge in [-0.25, -0.2) is 0 Å². The molecule has 1 heterocycles. The maximum atomic E-state index is 12.9. The summed E-state index contributed by atoms with van der Waals surface area (Å²) in [7, 11) is 0. The summed E-state index contributed by atoms with van der Waals surface area (Å²) in [4.78, 5) is 12.9. The van der Waals surface area contributed by atoms with Crippen LogP contribution in [0.5, 0.6) is 5.75 Å². The van der Waals surface area contributed by atoms with Crippen molar-refractivity contribution in [2.45, 2.75) is 84.3 Å². The van der Waals surface area contributed by atoms with Gasteiger partial charge in [0, 0.05) is 12.6 Å². The molecule has 0 aromatic heterocycles. The average molecular weight is 359 g/mol. The van der Waals surface area contributed by atoms with Crippen LogP contribution in [0.4, 0.5) is 0 Å². The molecule has 1 aliphatic heterocycles. The minimum absolute atomic E-state index is 0.121. The Morgan fingerprint density at radius 2 is 2.00 bits per heavy atom. The van der Waals surface area contributed by atoms with Gasteiger partial charge < -0.3 is 15.7 Å². The van der Waals surface area contributed by atoms with Crippen molar-refractivity contribution < 1.29 is 9.90 Å². The highest BCUT2D eigenvalue weighted by Gasteiger charge is 2.29. The van der Waals surface area contributed by atoms with E-state index in [2.05, 4.69) is 24.5 Å². The van der Waals surface area contributed by atoms with Gasteiger partial charge in [-0.3, -0.25) is 4.79 Å². The number of nitrogens with one attached hydrogen (secondary N) is 2. The number of amides is 1. The van der Waals surface area contributed by atoms with E-state index in [1.54, 1.807) is 6.07 Å². The normalized spacial score (nSPS) is 22.1. The van der Waals surface area contributed by atoms with E-state index in [9.17, 15) is 9.90 Å². The summed E-state index contributed by atoms with van der Waals surface area (Å²) in [6, 6.07) is 3.78. The number of carbonyl (C=O) groups is 1. The van der Waals surface area contributed by atoms with Gasteiger partial charge >= 0.3 is 0 Å². The standard InChI is InChI=1S/C22H34N2O2/c1-14(2)19(11-16-7-5-4-6-8-16)24-22(26)20-12-17-9-10-21(25)15(3)18(17)13-23-20/h9-10,14,16,19-20,23,25H,4-8,11-13H2,1-3H3,(H,24,26)/t19-,20+/m0/s1. The van der Waals surface area contributed by atoms with Gasteiger partial charge in [-0.05, 0) is 54.4 Å². The number of phenols is 1. The van der Waals surface area contributed by atoms with Gasteiger partial charge in [0.15, 0.2) is 0 Å². The lowest BCUT2D eigenvalue weighted by Gasteiger charge is -2.32. The molecule has 1 saturated carbocycles. The third-order valence-corrected chi connectivity index (χ3v) is 6.38. The van der Waals surface area contributed by atoms with Gasteiger partial charge in [0.1, 0.15) is 5.75 Å². The Kier molecular flexibility index (Phi) is 6.23. The van der Waals surface area contributed by atoms with Crippen LogP contribution in [0.3, 0.4) is 0 Å². The molecular weight excluding hydrogens is 324 g/mol. The summed E-state index contributed by atoms with van der Waals surface area (Å²) < 4.78 is 0. The lowest BCUT2D eigenvalue weighted by Crippen LogP contribution is -2.52. The van der Waals surface area contributed by atoms with Gasteiger partial charge in [0.25, 0.3) is 0 Å². The zero-order valence-electron chi connectivity index (χ0n) is 16.5. The third-order valence-electron chi connectivity index (χ3n) is 6.38. The number of hydrogen-bond acceptors (Lipinski definition) is 3. The maximum Gasteiger partial charge on any atom is 0.237 e. The van der Waals surface area contributed by atoms with Crippen LogP contribution in [0.25, 0.3) is 0 Å². The topological polar surface area (TPSA) is 61.4 Å². The van der Waals surface area contributed by atoms with Crippen LogP contribution in [0.15, 0.2) is 12.1 Å². The van der Waals surface area contributed by atoms with E-state index >= 15 is 0 Å². The Bertz CT molecular complexity index is 635. The molecule has 1 fully saturated rings. The molecule has 0 radical (unpaired) electrons. The van der Waals surface area contributed by atoms with Crippen LogP contribution in [0.2, 0.25) is 0 Å². The number of fused-ring (bicyclic) bond motifs is 1. The van der Waals surface area contributed by atoms with Crippen LogP contribution in [0, 0.1) is 18.8 Å². The molecule has 0 unspecified atom stereocenters. The van der Waals surface area contributed by atoms with Crippen LogP contribution in [-0.2, 0) is 17.8 Å². The second kappa shape index (κ2) is 8.43. The Hall–Kier alpha value is -1.55. The fourth-order valence-electron chi connectivity index (χ4n) is 4.50. The zero-order valence-corrected chi connectivity index (χ0v) is 16.5. The highest BCUT2D eigenvalue weighted by Crippen LogP contribution is 2.30. The van der Waals surface area contributed by atoms with Crippen LogP contribution in [0.1, 0.15) is 69.1 Å². The molecule has 1 aromatic rings. The Balaban J connectivity index is 1.61.